The van der Waals surface area contributed by atoms with Crippen LogP contribution >= 0.6 is 0 Å². The zero-order valence-electron chi connectivity index (χ0n) is 13.8. The van der Waals surface area contributed by atoms with E-state index in [1.165, 1.54) is 19.4 Å². The number of aromatic nitrogens is 1. The summed E-state index contributed by atoms with van der Waals surface area (Å²) in [7, 11) is 1.43. The molecule has 0 fully saturated rings. The van der Waals surface area contributed by atoms with Crippen LogP contribution in [-0.2, 0) is 6.42 Å². The third-order valence-corrected chi connectivity index (χ3v) is 3.38. The molecule has 0 unspecified atom stereocenters. The van der Waals surface area contributed by atoms with E-state index < -0.39 is 11.4 Å². The van der Waals surface area contributed by atoms with E-state index in [1.807, 2.05) is 19.9 Å². The van der Waals surface area contributed by atoms with Crippen molar-refractivity contribution in [2.45, 2.75) is 20.3 Å². The van der Waals surface area contributed by atoms with Gasteiger partial charge in [-0.2, -0.15) is 0 Å². The van der Waals surface area contributed by atoms with Gasteiger partial charge in [-0.05, 0) is 44.6 Å². The second-order valence-electron chi connectivity index (χ2n) is 5.39. The van der Waals surface area contributed by atoms with E-state index in [2.05, 4.69) is 4.98 Å². The van der Waals surface area contributed by atoms with E-state index in [9.17, 15) is 14.7 Å². The number of pyridine rings is 1. The Morgan fingerprint density at radius 2 is 2.12 bits per heavy atom. The van der Waals surface area contributed by atoms with E-state index in [-0.39, 0.29) is 22.7 Å². The number of aromatic carboxylic acids is 1. The number of hydrogen-bond acceptors (Lipinski definition) is 4. The number of hydrogen-bond donors (Lipinski definition) is 2. The molecule has 0 aliphatic heterocycles. The fourth-order valence-electron chi connectivity index (χ4n) is 2.19. The standard InChI is InChI=1S/C18H19NO5/c1-11(2)6-8-13-16(20)15(18(21)22)14(19-17(13)23-3)9-7-12-5-4-10-24-12/h4-7,9-10H,8H2,1-3H3,(H,19,20)(H,21,22)/b9-7+. The molecule has 0 bridgehead atoms. The number of nitrogens with one attached hydrogen (secondary N) is 1. The SMILES string of the molecule is COc1[nH]c(/C=C/c2ccco2)c(C(=O)O)c(=O)c1CC=C(C)C. The number of allylic oxidation sites excluding steroid dienone is 2. The van der Waals surface area contributed by atoms with Crippen molar-refractivity contribution in [3.8, 4) is 5.88 Å². The van der Waals surface area contributed by atoms with Crippen molar-refractivity contribution in [1.29, 1.82) is 0 Å². The molecule has 0 saturated heterocycles. The Morgan fingerprint density at radius 3 is 2.67 bits per heavy atom. The molecule has 0 aliphatic carbocycles. The fourth-order valence-corrected chi connectivity index (χ4v) is 2.19. The van der Waals surface area contributed by atoms with Gasteiger partial charge in [0.25, 0.3) is 0 Å². The predicted octanol–water partition coefficient (Wildman–Crippen LogP) is 3.35. The molecule has 2 N–H and O–H groups in total. The third-order valence-electron chi connectivity index (χ3n) is 3.38. The van der Waals surface area contributed by atoms with Crippen molar-refractivity contribution in [2.24, 2.45) is 0 Å². The number of ether oxygens (including phenoxy) is 1. The lowest BCUT2D eigenvalue weighted by Crippen LogP contribution is -2.22. The van der Waals surface area contributed by atoms with Gasteiger partial charge in [0, 0.05) is 0 Å². The average molecular weight is 329 g/mol. The molecule has 0 amide bonds. The van der Waals surface area contributed by atoms with E-state index >= 15 is 0 Å². The fraction of sp³-hybridized carbons (Fsp3) is 0.222. The van der Waals surface area contributed by atoms with E-state index in [4.69, 9.17) is 9.15 Å². The van der Waals surface area contributed by atoms with E-state index in [1.54, 1.807) is 18.2 Å². The molecule has 0 spiro atoms. The van der Waals surface area contributed by atoms with Crippen molar-refractivity contribution >= 4 is 18.1 Å². The molecule has 0 radical (unpaired) electrons. The summed E-state index contributed by atoms with van der Waals surface area (Å²) in [5.74, 6) is -0.502. The lowest BCUT2D eigenvalue weighted by atomic mass is 10.0. The number of furan rings is 1. The minimum Gasteiger partial charge on any atom is -0.482 e. The summed E-state index contributed by atoms with van der Waals surface area (Å²) in [6.07, 6.45) is 6.70. The summed E-state index contributed by atoms with van der Waals surface area (Å²) < 4.78 is 10.4. The molecule has 6 heteroatoms. The number of carbonyl (C=O) groups is 1. The lowest BCUT2D eigenvalue weighted by molar-refractivity contribution is 0.0694. The summed E-state index contributed by atoms with van der Waals surface area (Å²) in [6.45, 7) is 3.80. The normalized spacial score (nSPS) is 10.8. The first-order valence-electron chi connectivity index (χ1n) is 7.35. The summed E-state index contributed by atoms with van der Waals surface area (Å²) in [5.41, 5.74) is 0.577. The average Bonchev–Trinajstić information content (AvgIpc) is 3.03. The van der Waals surface area contributed by atoms with Crippen LogP contribution in [0.4, 0.5) is 0 Å². The van der Waals surface area contributed by atoms with Gasteiger partial charge < -0.3 is 19.2 Å². The summed E-state index contributed by atoms with van der Waals surface area (Å²) in [5, 5.41) is 9.44. The molecular weight excluding hydrogens is 310 g/mol. The number of rotatable bonds is 6. The van der Waals surface area contributed by atoms with Crippen molar-refractivity contribution < 1.29 is 19.1 Å². The van der Waals surface area contributed by atoms with Crippen LogP contribution in [0, 0.1) is 0 Å². The molecule has 24 heavy (non-hydrogen) atoms. The van der Waals surface area contributed by atoms with Gasteiger partial charge in [0.05, 0.1) is 24.6 Å². The van der Waals surface area contributed by atoms with Crippen LogP contribution in [0.2, 0.25) is 0 Å². The van der Waals surface area contributed by atoms with Crippen molar-refractivity contribution in [2.75, 3.05) is 7.11 Å². The maximum absolute atomic E-state index is 12.6. The largest absolute Gasteiger partial charge is 0.482 e. The van der Waals surface area contributed by atoms with Gasteiger partial charge in [0.15, 0.2) is 5.88 Å². The van der Waals surface area contributed by atoms with Crippen LogP contribution in [-0.4, -0.2) is 23.2 Å². The highest BCUT2D eigenvalue weighted by atomic mass is 16.5. The first kappa shape index (κ1) is 17.3. The first-order chi connectivity index (χ1) is 11.4. The molecule has 2 rings (SSSR count). The molecule has 6 nitrogen and oxygen atoms in total. The van der Waals surface area contributed by atoms with Gasteiger partial charge in [0.2, 0.25) is 5.43 Å². The monoisotopic (exact) mass is 329 g/mol. The number of aromatic amines is 1. The predicted molar refractivity (Wildman–Crippen MR) is 91.3 cm³/mol. The summed E-state index contributed by atoms with van der Waals surface area (Å²) in [4.78, 5) is 27.1. The van der Waals surface area contributed by atoms with Gasteiger partial charge in [0.1, 0.15) is 11.3 Å². The number of H-pyrrole nitrogens is 1. The molecule has 2 heterocycles. The van der Waals surface area contributed by atoms with Gasteiger partial charge >= 0.3 is 5.97 Å². The minimum atomic E-state index is -1.29. The quantitative estimate of drug-likeness (QED) is 0.793. The molecule has 0 saturated carbocycles. The van der Waals surface area contributed by atoms with Crippen LogP contribution in [0.5, 0.6) is 5.88 Å². The second-order valence-corrected chi connectivity index (χ2v) is 5.39. The first-order valence-corrected chi connectivity index (χ1v) is 7.35. The maximum atomic E-state index is 12.6. The van der Waals surface area contributed by atoms with Crippen LogP contribution in [0.1, 0.15) is 41.2 Å². The lowest BCUT2D eigenvalue weighted by Gasteiger charge is -2.10. The van der Waals surface area contributed by atoms with Crippen LogP contribution < -0.4 is 10.2 Å². The van der Waals surface area contributed by atoms with Gasteiger partial charge in [-0.25, -0.2) is 4.79 Å². The van der Waals surface area contributed by atoms with Gasteiger partial charge in [-0.15, -0.1) is 0 Å². The smallest absolute Gasteiger partial charge is 0.341 e. The van der Waals surface area contributed by atoms with Crippen molar-refractivity contribution in [3.05, 3.63) is 62.8 Å². The van der Waals surface area contributed by atoms with Gasteiger partial charge in [-0.3, -0.25) is 4.79 Å². The Bertz CT molecular complexity index is 837. The molecule has 2 aromatic rings. The Hall–Kier alpha value is -3.02. The topological polar surface area (TPSA) is 92.5 Å². The number of carboxylic acids is 1. The summed E-state index contributed by atoms with van der Waals surface area (Å²) >= 11 is 0. The van der Waals surface area contributed by atoms with Crippen LogP contribution in [0.3, 0.4) is 0 Å². The summed E-state index contributed by atoms with van der Waals surface area (Å²) in [6, 6.07) is 3.43. The minimum absolute atomic E-state index is 0.154. The highest BCUT2D eigenvalue weighted by Crippen LogP contribution is 2.19. The van der Waals surface area contributed by atoms with Crippen molar-refractivity contribution in [1.82, 2.24) is 4.98 Å². The Balaban J connectivity index is 2.59. The third kappa shape index (κ3) is 3.84. The Kier molecular flexibility index (Phi) is 5.42. The van der Waals surface area contributed by atoms with Crippen molar-refractivity contribution in [3.63, 3.8) is 0 Å². The highest BCUT2D eigenvalue weighted by molar-refractivity contribution is 5.92. The van der Waals surface area contributed by atoms with Gasteiger partial charge in [-0.1, -0.05) is 11.6 Å². The second kappa shape index (κ2) is 7.50. The zero-order valence-corrected chi connectivity index (χ0v) is 13.8. The number of methoxy groups -OCH3 is 1. The molecule has 0 aliphatic rings. The molecular formula is C18H19NO5. The maximum Gasteiger partial charge on any atom is 0.341 e. The highest BCUT2D eigenvalue weighted by Gasteiger charge is 2.20. The Labute approximate surface area is 139 Å². The molecule has 2 aromatic heterocycles. The van der Waals surface area contributed by atoms with E-state index in [0.717, 1.165) is 5.57 Å². The van der Waals surface area contributed by atoms with Crippen LogP contribution in [0.15, 0.2) is 39.3 Å². The molecule has 0 aromatic carbocycles. The number of carboxylic acid groups (broad SMARTS) is 1. The molecule has 0 atom stereocenters. The zero-order chi connectivity index (χ0) is 17.7. The molecule has 126 valence electrons. The van der Waals surface area contributed by atoms with Crippen LogP contribution in [0.25, 0.3) is 12.2 Å². The van der Waals surface area contributed by atoms with E-state index in [0.29, 0.717) is 12.2 Å². The Morgan fingerprint density at radius 1 is 1.38 bits per heavy atom.